The number of urea groups is 1. The zero-order valence-electron chi connectivity index (χ0n) is 14.2. The first-order valence-electron chi connectivity index (χ1n) is 9.19. The molecule has 0 aromatic heterocycles. The van der Waals surface area contributed by atoms with E-state index in [0.717, 1.165) is 37.8 Å². The van der Waals surface area contributed by atoms with Crippen LogP contribution in [0.15, 0.2) is 24.3 Å². The van der Waals surface area contributed by atoms with Gasteiger partial charge in [-0.2, -0.15) is 0 Å². The first-order chi connectivity index (χ1) is 12.1. The van der Waals surface area contributed by atoms with Crippen LogP contribution in [0.25, 0.3) is 0 Å². The number of benzene rings is 1. The monoisotopic (exact) mass is 345 g/mol. The zero-order valence-corrected chi connectivity index (χ0v) is 14.2. The Kier molecular flexibility index (Phi) is 4.36. The van der Waals surface area contributed by atoms with Gasteiger partial charge >= 0.3 is 6.03 Å². The maximum Gasteiger partial charge on any atom is 0.315 e. The molecule has 3 fully saturated rings. The lowest BCUT2D eigenvalue weighted by molar-refractivity contribution is -0.128. The number of carbonyl (C=O) groups is 2. The van der Waals surface area contributed by atoms with Crippen LogP contribution < -0.4 is 10.6 Å². The van der Waals surface area contributed by atoms with Crippen molar-refractivity contribution < 1.29 is 14.0 Å². The van der Waals surface area contributed by atoms with Gasteiger partial charge in [-0.05, 0) is 49.3 Å². The number of amides is 3. The summed E-state index contributed by atoms with van der Waals surface area (Å²) in [4.78, 5) is 26.2. The van der Waals surface area contributed by atoms with E-state index in [-0.39, 0.29) is 29.7 Å². The van der Waals surface area contributed by atoms with E-state index in [1.165, 1.54) is 12.1 Å². The van der Waals surface area contributed by atoms with E-state index >= 15 is 0 Å². The fourth-order valence-electron chi connectivity index (χ4n) is 3.69. The van der Waals surface area contributed by atoms with Crippen molar-refractivity contribution in [2.45, 2.75) is 44.2 Å². The van der Waals surface area contributed by atoms with E-state index in [4.69, 9.17) is 0 Å². The Bertz CT molecular complexity index is 655. The third-order valence-electron chi connectivity index (χ3n) is 5.39. The molecule has 1 heterocycles. The number of hydrogen-bond donors (Lipinski definition) is 2. The molecule has 6 heteroatoms. The minimum absolute atomic E-state index is 0.0752. The molecule has 0 radical (unpaired) electrons. The van der Waals surface area contributed by atoms with Gasteiger partial charge in [0.05, 0.1) is 6.04 Å². The van der Waals surface area contributed by atoms with Crippen LogP contribution in [0.1, 0.15) is 43.7 Å². The van der Waals surface area contributed by atoms with Crippen molar-refractivity contribution in [3.05, 3.63) is 35.6 Å². The van der Waals surface area contributed by atoms with Crippen LogP contribution in [0.3, 0.4) is 0 Å². The molecule has 5 nitrogen and oxygen atoms in total. The molecule has 1 saturated heterocycles. The van der Waals surface area contributed by atoms with Crippen molar-refractivity contribution in [1.82, 2.24) is 15.5 Å². The van der Waals surface area contributed by atoms with E-state index in [2.05, 4.69) is 10.6 Å². The van der Waals surface area contributed by atoms with Crippen LogP contribution in [0, 0.1) is 17.7 Å². The fraction of sp³-hybridized carbons (Fsp3) is 0.579. The number of likely N-dealkylation sites (tertiary alicyclic amines) is 1. The fourth-order valence-corrected chi connectivity index (χ4v) is 3.69. The number of carbonyl (C=O) groups excluding carboxylic acids is 2. The van der Waals surface area contributed by atoms with Crippen molar-refractivity contribution >= 4 is 11.9 Å². The Morgan fingerprint density at radius 3 is 2.56 bits per heavy atom. The summed E-state index contributed by atoms with van der Waals surface area (Å²) in [7, 11) is 0. The van der Waals surface area contributed by atoms with E-state index in [1.54, 1.807) is 12.1 Å². The Morgan fingerprint density at radius 1 is 1.20 bits per heavy atom. The van der Waals surface area contributed by atoms with Crippen molar-refractivity contribution in [1.29, 1.82) is 0 Å². The molecule has 4 rings (SSSR count). The minimum Gasteiger partial charge on any atom is -0.339 e. The van der Waals surface area contributed by atoms with Crippen LogP contribution in [-0.4, -0.2) is 36.0 Å². The standard InChI is InChI=1S/C19H24FN3O2/c20-15-5-3-14(4-6-15)18(13-1-2-13)22-19(25)21-10-12-9-17(24)23(11-12)16-7-8-16/h3-6,12-13,16,18H,1-2,7-11H2,(H2,21,22,25)/t12-,18+/m1/s1. The number of rotatable bonds is 6. The highest BCUT2D eigenvalue weighted by Crippen LogP contribution is 2.41. The number of nitrogens with zero attached hydrogens (tertiary/aromatic N) is 1. The van der Waals surface area contributed by atoms with Gasteiger partial charge in [-0.3, -0.25) is 4.79 Å². The van der Waals surface area contributed by atoms with Crippen LogP contribution in [0.5, 0.6) is 0 Å². The first-order valence-corrected chi connectivity index (χ1v) is 9.19. The summed E-state index contributed by atoms with van der Waals surface area (Å²) in [5.41, 5.74) is 0.940. The van der Waals surface area contributed by atoms with Crippen LogP contribution in [0.4, 0.5) is 9.18 Å². The molecule has 134 valence electrons. The predicted octanol–water partition coefficient (Wildman–Crippen LogP) is 2.59. The van der Waals surface area contributed by atoms with Gasteiger partial charge in [0, 0.05) is 31.5 Å². The highest BCUT2D eigenvalue weighted by atomic mass is 19.1. The summed E-state index contributed by atoms with van der Waals surface area (Å²) >= 11 is 0. The first kappa shape index (κ1) is 16.4. The van der Waals surface area contributed by atoms with Gasteiger partial charge in [-0.1, -0.05) is 12.1 Å². The van der Waals surface area contributed by atoms with Gasteiger partial charge in [0.1, 0.15) is 5.82 Å². The van der Waals surface area contributed by atoms with Crippen molar-refractivity contribution in [3.8, 4) is 0 Å². The van der Waals surface area contributed by atoms with Gasteiger partial charge < -0.3 is 15.5 Å². The summed E-state index contributed by atoms with van der Waals surface area (Å²) in [5.74, 6) is 0.574. The second kappa shape index (κ2) is 6.65. The largest absolute Gasteiger partial charge is 0.339 e. The van der Waals surface area contributed by atoms with Crippen molar-refractivity contribution in [2.24, 2.45) is 11.8 Å². The second-order valence-corrected chi connectivity index (χ2v) is 7.57. The molecule has 0 bridgehead atoms. The molecular formula is C19H24FN3O2. The molecule has 1 aliphatic heterocycles. The van der Waals surface area contributed by atoms with Crippen molar-refractivity contribution in [3.63, 3.8) is 0 Å². The van der Waals surface area contributed by atoms with Crippen molar-refractivity contribution in [2.75, 3.05) is 13.1 Å². The zero-order chi connectivity index (χ0) is 17.4. The third kappa shape index (κ3) is 3.94. The second-order valence-electron chi connectivity index (χ2n) is 7.57. The average molecular weight is 345 g/mol. The maximum absolute atomic E-state index is 13.1. The summed E-state index contributed by atoms with van der Waals surface area (Å²) < 4.78 is 13.1. The summed E-state index contributed by atoms with van der Waals surface area (Å²) in [5, 5.41) is 5.94. The highest BCUT2D eigenvalue weighted by Gasteiger charge is 2.39. The lowest BCUT2D eigenvalue weighted by Gasteiger charge is -2.20. The quantitative estimate of drug-likeness (QED) is 0.832. The molecule has 2 N–H and O–H groups in total. The molecule has 3 amide bonds. The summed E-state index contributed by atoms with van der Waals surface area (Å²) in [6.07, 6.45) is 4.92. The van der Waals surface area contributed by atoms with Gasteiger partial charge in [0.25, 0.3) is 0 Å². The molecule has 0 unspecified atom stereocenters. The van der Waals surface area contributed by atoms with E-state index in [0.29, 0.717) is 24.9 Å². The topological polar surface area (TPSA) is 61.4 Å². The Labute approximate surface area is 147 Å². The Morgan fingerprint density at radius 2 is 1.92 bits per heavy atom. The van der Waals surface area contributed by atoms with Gasteiger partial charge in [0.2, 0.25) is 5.91 Å². The average Bonchev–Trinajstić information content (AvgIpc) is 3.51. The Balaban J connectivity index is 1.29. The van der Waals surface area contributed by atoms with E-state index in [9.17, 15) is 14.0 Å². The molecule has 0 spiro atoms. The molecule has 2 saturated carbocycles. The number of nitrogens with one attached hydrogen (secondary N) is 2. The molecule has 2 aliphatic carbocycles. The van der Waals surface area contributed by atoms with Crippen LogP contribution >= 0.6 is 0 Å². The summed E-state index contributed by atoms with van der Waals surface area (Å²) in [6, 6.07) is 6.50. The van der Waals surface area contributed by atoms with Crippen LogP contribution in [-0.2, 0) is 4.79 Å². The number of hydrogen-bond acceptors (Lipinski definition) is 2. The molecular weight excluding hydrogens is 321 g/mol. The maximum atomic E-state index is 13.1. The van der Waals surface area contributed by atoms with Gasteiger partial charge in [-0.15, -0.1) is 0 Å². The van der Waals surface area contributed by atoms with Crippen LogP contribution in [0.2, 0.25) is 0 Å². The molecule has 2 atom stereocenters. The SMILES string of the molecule is O=C(NC[C@H]1CC(=O)N(C2CC2)C1)N[C@H](c1ccc(F)cc1)C1CC1. The lowest BCUT2D eigenvalue weighted by atomic mass is 10.0. The smallest absolute Gasteiger partial charge is 0.315 e. The summed E-state index contributed by atoms with van der Waals surface area (Å²) in [6.45, 7) is 1.27. The van der Waals surface area contributed by atoms with E-state index in [1.807, 2.05) is 4.90 Å². The van der Waals surface area contributed by atoms with Gasteiger partial charge in [-0.25, -0.2) is 9.18 Å². The molecule has 1 aromatic rings. The predicted molar refractivity (Wildman–Crippen MR) is 91.2 cm³/mol. The normalized spacial score (nSPS) is 24.3. The lowest BCUT2D eigenvalue weighted by Crippen LogP contribution is -2.41. The molecule has 25 heavy (non-hydrogen) atoms. The Hall–Kier alpha value is -2.11. The number of halogens is 1. The van der Waals surface area contributed by atoms with E-state index < -0.39 is 0 Å². The van der Waals surface area contributed by atoms with Gasteiger partial charge in [0.15, 0.2) is 0 Å². The minimum atomic E-state index is -0.270. The highest BCUT2D eigenvalue weighted by molar-refractivity contribution is 5.79. The molecule has 3 aliphatic rings. The molecule has 1 aromatic carbocycles. The third-order valence-corrected chi connectivity index (χ3v) is 5.39.